The van der Waals surface area contributed by atoms with E-state index in [0.717, 1.165) is 6.92 Å². The van der Waals surface area contributed by atoms with Gasteiger partial charge in [0.25, 0.3) is 0 Å². The number of hydrogen-bond acceptors (Lipinski definition) is 7. The van der Waals surface area contributed by atoms with Gasteiger partial charge in [0, 0.05) is 12.0 Å². The number of ether oxygens (including phenoxy) is 2. The molecule has 0 aromatic carbocycles. The fraction of sp³-hybridized carbons (Fsp3) is 0.650. The highest BCUT2D eigenvalue weighted by atomic mass is 16.6. The van der Waals surface area contributed by atoms with E-state index in [1.807, 2.05) is 20.8 Å². The summed E-state index contributed by atoms with van der Waals surface area (Å²) in [7, 11) is 0. The number of hydrogen-bond donors (Lipinski definition) is 2. The highest BCUT2D eigenvalue weighted by Gasteiger charge is 2.53. The summed E-state index contributed by atoms with van der Waals surface area (Å²) in [6, 6.07) is 0. The van der Waals surface area contributed by atoms with E-state index in [9.17, 15) is 24.6 Å². The molecule has 0 aromatic heterocycles. The van der Waals surface area contributed by atoms with Crippen molar-refractivity contribution in [3.63, 3.8) is 0 Å². The fourth-order valence-corrected chi connectivity index (χ4v) is 3.45. The average Bonchev–Trinajstić information content (AvgIpc) is 2.82. The molecule has 1 aliphatic carbocycles. The zero-order valence-corrected chi connectivity index (χ0v) is 16.2. The Morgan fingerprint density at radius 1 is 1.44 bits per heavy atom. The number of aliphatic hydroxyl groups is 2. The molecule has 27 heavy (non-hydrogen) atoms. The van der Waals surface area contributed by atoms with Gasteiger partial charge < -0.3 is 19.7 Å². The molecule has 1 fully saturated rings. The third-order valence-corrected chi connectivity index (χ3v) is 5.09. The van der Waals surface area contributed by atoms with Crippen molar-refractivity contribution < 1.29 is 34.1 Å². The second-order valence-corrected chi connectivity index (χ2v) is 8.08. The van der Waals surface area contributed by atoms with Crippen LogP contribution in [0.25, 0.3) is 0 Å². The number of carbonyl (C=O) groups excluding carboxylic acids is 3. The lowest BCUT2D eigenvalue weighted by atomic mass is 9.77. The van der Waals surface area contributed by atoms with Crippen LogP contribution >= 0.6 is 0 Å². The molecule has 0 bridgehead atoms. The minimum atomic E-state index is -2.20. The molecule has 7 heteroatoms. The van der Waals surface area contributed by atoms with Crippen molar-refractivity contribution in [2.45, 2.75) is 64.4 Å². The van der Waals surface area contributed by atoms with Crippen molar-refractivity contribution in [3.05, 3.63) is 24.3 Å². The number of allylic oxidation sites excluding steroid dienone is 1. The minimum absolute atomic E-state index is 0.0136. The summed E-state index contributed by atoms with van der Waals surface area (Å²) in [5.74, 6) is -2.91. The number of aliphatic hydroxyl groups excluding tert-OH is 1. The maximum absolute atomic E-state index is 12.4. The Kier molecular flexibility index (Phi) is 6.27. The molecule has 2 aliphatic rings. The van der Waals surface area contributed by atoms with E-state index in [0.29, 0.717) is 6.42 Å². The monoisotopic (exact) mass is 380 g/mol. The van der Waals surface area contributed by atoms with Crippen LogP contribution in [0.1, 0.15) is 40.5 Å². The summed E-state index contributed by atoms with van der Waals surface area (Å²) in [6.07, 6.45) is -0.510. The van der Waals surface area contributed by atoms with Crippen molar-refractivity contribution in [2.24, 2.45) is 17.8 Å². The Hall–Kier alpha value is -1.99. The van der Waals surface area contributed by atoms with Gasteiger partial charge in [0.05, 0.1) is 5.92 Å². The van der Waals surface area contributed by atoms with Gasteiger partial charge in [-0.15, -0.1) is 0 Å². The standard InChI is InChI=1S/C20H28O7/c1-10(2)8-15(22)27-17-16-12(4)19(24)26-13(16)9-11(3)6-7-14(21)20(5,25)18(17)23/h6-7,10-11,13,16-18,23,25H,4,8-9H2,1-3,5H3/b7-6-/t11-,13+,16-,17-,18+,20+/m0/s1. The number of ketones is 1. The second kappa shape index (κ2) is 7.94. The molecule has 0 unspecified atom stereocenters. The van der Waals surface area contributed by atoms with Crippen molar-refractivity contribution in [2.75, 3.05) is 0 Å². The van der Waals surface area contributed by atoms with E-state index in [2.05, 4.69) is 6.58 Å². The van der Waals surface area contributed by atoms with Crippen LogP contribution < -0.4 is 0 Å². The van der Waals surface area contributed by atoms with Gasteiger partial charge in [-0.2, -0.15) is 0 Å². The van der Waals surface area contributed by atoms with Crippen LogP contribution in [0, 0.1) is 17.8 Å². The van der Waals surface area contributed by atoms with Crippen LogP contribution in [0.5, 0.6) is 0 Å². The molecule has 6 atom stereocenters. The maximum atomic E-state index is 12.4. The van der Waals surface area contributed by atoms with Crippen LogP contribution in [0.2, 0.25) is 0 Å². The van der Waals surface area contributed by atoms with Gasteiger partial charge in [0.15, 0.2) is 11.4 Å². The summed E-state index contributed by atoms with van der Waals surface area (Å²) in [6.45, 7) is 10.4. The van der Waals surface area contributed by atoms with E-state index in [1.54, 1.807) is 6.08 Å². The Balaban J connectivity index is 2.48. The zero-order valence-electron chi connectivity index (χ0n) is 16.2. The molecular weight excluding hydrogens is 352 g/mol. The van der Waals surface area contributed by atoms with Gasteiger partial charge in [-0.05, 0) is 31.3 Å². The zero-order chi connectivity index (χ0) is 20.5. The molecule has 7 nitrogen and oxygen atoms in total. The summed E-state index contributed by atoms with van der Waals surface area (Å²) in [4.78, 5) is 36.8. The smallest absolute Gasteiger partial charge is 0.334 e. The number of rotatable bonds is 3. The lowest BCUT2D eigenvalue weighted by Gasteiger charge is -2.37. The second-order valence-electron chi connectivity index (χ2n) is 8.08. The maximum Gasteiger partial charge on any atom is 0.334 e. The van der Waals surface area contributed by atoms with Crippen LogP contribution in [0.15, 0.2) is 24.3 Å². The Bertz CT molecular complexity index is 661. The first-order chi connectivity index (χ1) is 12.4. The first-order valence-electron chi connectivity index (χ1n) is 9.17. The first-order valence-corrected chi connectivity index (χ1v) is 9.17. The SMILES string of the molecule is C=C1C(=O)O[C@@H]2C[C@@H](C)/C=C\C(=O)[C@@](C)(O)[C@H](O)[C@@H](OC(=O)CC(C)C)[C@@H]12. The molecule has 1 heterocycles. The molecule has 0 spiro atoms. The van der Waals surface area contributed by atoms with Gasteiger partial charge in [-0.3, -0.25) is 9.59 Å². The van der Waals surface area contributed by atoms with Gasteiger partial charge in [0.1, 0.15) is 18.3 Å². The third kappa shape index (κ3) is 4.47. The first kappa shape index (κ1) is 21.3. The molecule has 0 amide bonds. The summed E-state index contributed by atoms with van der Waals surface area (Å²) >= 11 is 0. The van der Waals surface area contributed by atoms with Crippen molar-refractivity contribution in [1.29, 1.82) is 0 Å². The van der Waals surface area contributed by atoms with Crippen molar-refractivity contribution in [3.8, 4) is 0 Å². The number of fused-ring (bicyclic) bond motifs is 1. The van der Waals surface area contributed by atoms with E-state index in [4.69, 9.17) is 9.47 Å². The summed E-state index contributed by atoms with van der Waals surface area (Å²) in [5, 5.41) is 21.5. The van der Waals surface area contributed by atoms with E-state index < -0.39 is 47.6 Å². The van der Waals surface area contributed by atoms with Gasteiger partial charge in [0.2, 0.25) is 0 Å². The third-order valence-electron chi connectivity index (χ3n) is 5.09. The van der Waals surface area contributed by atoms with Crippen molar-refractivity contribution >= 4 is 17.7 Å². The summed E-state index contributed by atoms with van der Waals surface area (Å²) in [5.41, 5.74) is -2.14. The largest absolute Gasteiger partial charge is 0.459 e. The Morgan fingerprint density at radius 3 is 2.67 bits per heavy atom. The van der Waals surface area contributed by atoms with E-state index in [-0.39, 0.29) is 23.8 Å². The predicted octanol–water partition coefficient (Wildman–Crippen LogP) is 1.32. The average molecular weight is 380 g/mol. The predicted molar refractivity (Wildman–Crippen MR) is 96.4 cm³/mol. The lowest BCUT2D eigenvalue weighted by molar-refractivity contribution is -0.181. The Labute approximate surface area is 159 Å². The van der Waals surface area contributed by atoms with Crippen LogP contribution in [-0.2, 0) is 23.9 Å². The molecule has 1 saturated heterocycles. The Morgan fingerprint density at radius 2 is 2.07 bits per heavy atom. The van der Waals surface area contributed by atoms with Gasteiger partial charge in [-0.25, -0.2) is 4.79 Å². The molecule has 0 radical (unpaired) electrons. The molecule has 0 saturated carbocycles. The van der Waals surface area contributed by atoms with Gasteiger partial charge >= 0.3 is 11.9 Å². The van der Waals surface area contributed by atoms with Crippen LogP contribution in [-0.4, -0.2) is 51.8 Å². The molecular formula is C20H28O7. The molecule has 150 valence electrons. The van der Waals surface area contributed by atoms with Gasteiger partial charge in [-0.1, -0.05) is 33.4 Å². The highest BCUT2D eigenvalue weighted by Crippen LogP contribution is 2.39. The van der Waals surface area contributed by atoms with E-state index >= 15 is 0 Å². The highest BCUT2D eigenvalue weighted by molar-refractivity contribution is 5.97. The lowest BCUT2D eigenvalue weighted by Crippen LogP contribution is -2.56. The molecule has 0 aromatic rings. The molecule has 2 rings (SSSR count). The molecule has 1 aliphatic heterocycles. The van der Waals surface area contributed by atoms with Crippen LogP contribution in [0.3, 0.4) is 0 Å². The normalized spacial score (nSPS) is 38.3. The van der Waals surface area contributed by atoms with E-state index in [1.165, 1.54) is 6.08 Å². The molecule has 2 N–H and O–H groups in total. The fourth-order valence-electron chi connectivity index (χ4n) is 3.45. The minimum Gasteiger partial charge on any atom is -0.459 e. The topological polar surface area (TPSA) is 110 Å². The van der Waals surface area contributed by atoms with Crippen LogP contribution in [0.4, 0.5) is 0 Å². The van der Waals surface area contributed by atoms with Crippen molar-refractivity contribution in [1.82, 2.24) is 0 Å². The number of carbonyl (C=O) groups is 3. The summed E-state index contributed by atoms with van der Waals surface area (Å²) < 4.78 is 10.9. The quantitative estimate of drug-likeness (QED) is 0.561. The number of esters is 2.